The quantitative estimate of drug-likeness (QED) is 0.618. The van der Waals surface area contributed by atoms with Crippen molar-refractivity contribution in [1.29, 1.82) is 5.26 Å². The summed E-state index contributed by atoms with van der Waals surface area (Å²) in [6, 6.07) is 5.95. The predicted molar refractivity (Wildman–Crippen MR) is 114 cm³/mol. The molecule has 1 aliphatic carbocycles. The van der Waals surface area contributed by atoms with Crippen LogP contribution in [0.1, 0.15) is 11.1 Å². The molecule has 1 atom stereocenters. The second kappa shape index (κ2) is 7.58. The fraction of sp³-hybridized carbons (Fsp3) is 0.211. The molecule has 1 aliphatic heterocycles. The van der Waals surface area contributed by atoms with Gasteiger partial charge in [-0.3, -0.25) is 3.97 Å². The van der Waals surface area contributed by atoms with Crippen molar-refractivity contribution in [2.45, 2.75) is 19.3 Å². The molecule has 2 heterocycles. The van der Waals surface area contributed by atoms with Gasteiger partial charge in [0.25, 0.3) is 0 Å². The number of allylic oxidation sites excluding steroid dienone is 2. The Kier molecular flexibility index (Phi) is 5.16. The lowest BCUT2D eigenvalue weighted by Gasteiger charge is -2.22. The van der Waals surface area contributed by atoms with Gasteiger partial charge in [0.2, 0.25) is 0 Å². The third-order valence-electron chi connectivity index (χ3n) is 4.75. The van der Waals surface area contributed by atoms with Gasteiger partial charge in [-0.1, -0.05) is 6.08 Å². The van der Waals surface area contributed by atoms with Gasteiger partial charge in [-0.25, -0.2) is 9.82 Å². The Morgan fingerprint density at radius 2 is 2.30 bits per heavy atom. The van der Waals surface area contributed by atoms with Gasteiger partial charge in [0.15, 0.2) is 0 Å². The van der Waals surface area contributed by atoms with E-state index < -0.39 is 6.67 Å². The number of ether oxygens (including phenoxy) is 1. The van der Waals surface area contributed by atoms with Crippen LogP contribution in [0, 0.1) is 11.3 Å². The molecular formula is C19H16FIN4OS. The van der Waals surface area contributed by atoms with Gasteiger partial charge in [-0.05, 0) is 29.9 Å². The molecule has 5 nitrogen and oxygen atoms in total. The number of fused-ring (bicyclic) bond motifs is 2. The highest BCUT2D eigenvalue weighted by molar-refractivity contribution is 14.2. The lowest BCUT2D eigenvalue weighted by molar-refractivity contribution is 0.276. The van der Waals surface area contributed by atoms with Gasteiger partial charge in [0.1, 0.15) is 12.4 Å². The molecule has 0 radical (unpaired) electrons. The number of halogens is 2. The average molecular weight is 494 g/mol. The first-order valence-electron chi connectivity index (χ1n) is 8.28. The van der Waals surface area contributed by atoms with Crippen molar-refractivity contribution in [1.82, 2.24) is 14.4 Å². The number of aromatic nitrogens is 1. The zero-order chi connectivity index (χ0) is 19.0. The van der Waals surface area contributed by atoms with Gasteiger partial charge in [-0.15, -0.1) is 0 Å². The lowest BCUT2D eigenvalue weighted by atomic mass is 10.0. The maximum atomic E-state index is 13.6. The fourth-order valence-corrected chi connectivity index (χ4v) is 4.89. The molecule has 0 spiro atoms. The standard InChI is InChI=1S/C19H16FIN4OS/c1-26-18-7-14(8-20)19-15(4-5-25(19)27-21)16(18)11-24-10-13-3-2-12(9-22)6-17(13)23-24/h2-7,10,17,23H,8,11H2,1H3. The number of hydrazine groups is 1. The molecule has 27 heavy (non-hydrogen) atoms. The minimum absolute atomic E-state index is 0.00856. The summed E-state index contributed by atoms with van der Waals surface area (Å²) >= 11 is 2.19. The van der Waals surface area contributed by atoms with Crippen LogP contribution in [-0.2, 0) is 13.2 Å². The predicted octanol–water partition coefficient (Wildman–Crippen LogP) is 4.56. The summed E-state index contributed by atoms with van der Waals surface area (Å²) in [7, 11) is 3.12. The Morgan fingerprint density at radius 1 is 1.44 bits per heavy atom. The van der Waals surface area contributed by atoms with E-state index in [2.05, 4.69) is 32.7 Å². The van der Waals surface area contributed by atoms with E-state index in [1.807, 2.05) is 45.7 Å². The summed E-state index contributed by atoms with van der Waals surface area (Å²) in [6.07, 6.45) is 9.67. The smallest absolute Gasteiger partial charge is 0.125 e. The number of alkyl halides is 1. The first kappa shape index (κ1) is 18.4. The number of nitrogens with one attached hydrogen (secondary N) is 1. The molecule has 0 saturated carbocycles. The molecule has 2 aromatic rings. The highest BCUT2D eigenvalue weighted by Crippen LogP contribution is 2.37. The molecule has 4 rings (SSSR count). The number of hydrogen-bond donors (Lipinski definition) is 1. The number of hydrogen-bond acceptors (Lipinski definition) is 5. The molecule has 0 saturated heterocycles. The van der Waals surface area contributed by atoms with Crippen LogP contribution in [0.25, 0.3) is 10.9 Å². The second-order valence-corrected chi connectivity index (χ2v) is 7.97. The highest BCUT2D eigenvalue weighted by atomic mass is 127. The Hall–Kier alpha value is -1.96. The molecule has 1 N–H and O–H groups in total. The summed E-state index contributed by atoms with van der Waals surface area (Å²) in [5.41, 5.74) is 7.63. The number of methoxy groups -OCH3 is 1. The largest absolute Gasteiger partial charge is 0.496 e. The van der Waals surface area contributed by atoms with E-state index in [1.54, 1.807) is 13.2 Å². The van der Waals surface area contributed by atoms with E-state index in [0.717, 1.165) is 22.0 Å². The van der Waals surface area contributed by atoms with Crippen molar-refractivity contribution in [3.05, 3.63) is 65.0 Å². The van der Waals surface area contributed by atoms with Crippen LogP contribution < -0.4 is 10.2 Å². The third-order valence-corrected chi connectivity index (χ3v) is 6.48. The maximum absolute atomic E-state index is 13.6. The van der Waals surface area contributed by atoms with Gasteiger partial charge in [0, 0.05) is 64.8 Å². The van der Waals surface area contributed by atoms with E-state index in [1.165, 1.54) is 9.12 Å². The molecule has 1 aromatic heterocycles. The Balaban J connectivity index is 1.72. The molecule has 138 valence electrons. The summed E-state index contributed by atoms with van der Waals surface area (Å²) in [5.74, 6) is 0.672. The second-order valence-electron chi connectivity index (χ2n) is 6.25. The number of nitriles is 1. The van der Waals surface area contributed by atoms with Crippen molar-refractivity contribution >= 4 is 41.2 Å². The number of benzene rings is 1. The summed E-state index contributed by atoms with van der Waals surface area (Å²) in [4.78, 5) is 0. The minimum Gasteiger partial charge on any atom is -0.496 e. The lowest BCUT2D eigenvalue weighted by Crippen LogP contribution is -2.35. The molecule has 0 bridgehead atoms. The van der Waals surface area contributed by atoms with Crippen LogP contribution in [0.15, 0.2) is 53.9 Å². The third kappa shape index (κ3) is 3.24. The first-order valence-corrected chi connectivity index (χ1v) is 11.6. The zero-order valence-electron chi connectivity index (χ0n) is 14.4. The van der Waals surface area contributed by atoms with Crippen LogP contribution >= 0.6 is 30.3 Å². The number of rotatable bonds is 5. The van der Waals surface area contributed by atoms with E-state index in [-0.39, 0.29) is 6.04 Å². The fourth-order valence-electron chi connectivity index (χ4n) is 3.51. The molecule has 0 amide bonds. The van der Waals surface area contributed by atoms with Crippen LogP contribution in [0.4, 0.5) is 4.39 Å². The van der Waals surface area contributed by atoms with Gasteiger partial charge in [0.05, 0.1) is 31.3 Å². The van der Waals surface area contributed by atoms with Crippen molar-refractivity contribution in [3.8, 4) is 11.8 Å². The first-order chi connectivity index (χ1) is 13.2. The normalized spacial score (nSPS) is 18.3. The monoisotopic (exact) mass is 494 g/mol. The molecule has 1 aromatic carbocycles. The molecule has 2 aliphatic rings. The SMILES string of the molecule is COc1cc(CF)c2c(ccn2SI)c1CN1C=C2C=CC(C#N)=CC2N1. The van der Waals surface area contributed by atoms with E-state index in [0.29, 0.717) is 23.4 Å². The van der Waals surface area contributed by atoms with Gasteiger partial charge in [-0.2, -0.15) is 5.26 Å². The van der Waals surface area contributed by atoms with Crippen molar-refractivity contribution in [2.75, 3.05) is 7.11 Å². The highest BCUT2D eigenvalue weighted by Gasteiger charge is 2.25. The van der Waals surface area contributed by atoms with Gasteiger partial charge < -0.3 is 9.75 Å². The zero-order valence-corrected chi connectivity index (χ0v) is 17.4. The van der Waals surface area contributed by atoms with Crippen LogP contribution in [0.3, 0.4) is 0 Å². The Morgan fingerprint density at radius 3 is 3.00 bits per heavy atom. The Labute approximate surface area is 172 Å². The topological polar surface area (TPSA) is 53.2 Å². The molecular weight excluding hydrogens is 478 g/mol. The summed E-state index contributed by atoms with van der Waals surface area (Å²) in [6.45, 7) is 0.0146. The maximum Gasteiger partial charge on any atom is 0.125 e. The molecule has 1 unspecified atom stereocenters. The summed E-state index contributed by atoms with van der Waals surface area (Å²) in [5, 5.41) is 12.1. The van der Waals surface area contributed by atoms with Crippen molar-refractivity contribution in [2.24, 2.45) is 0 Å². The van der Waals surface area contributed by atoms with Crippen LogP contribution in [0.2, 0.25) is 0 Å². The number of nitrogens with zero attached hydrogens (tertiary/aromatic N) is 3. The van der Waals surface area contributed by atoms with Crippen LogP contribution in [0.5, 0.6) is 5.75 Å². The van der Waals surface area contributed by atoms with Crippen molar-refractivity contribution < 1.29 is 9.13 Å². The van der Waals surface area contributed by atoms with Gasteiger partial charge >= 0.3 is 0 Å². The van der Waals surface area contributed by atoms with Crippen LogP contribution in [-0.4, -0.2) is 22.1 Å². The van der Waals surface area contributed by atoms with E-state index in [9.17, 15) is 4.39 Å². The van der Waals surface area contributed by atoms with E-state index >= 15 is 0 Å². The Bertz CT molecular complexity index is 1040. The van der Waals surface area contributed by atoms with E-state index in [4.69, 9.17) is 10.00 Å². The summed E-state index contributed by atoms with van der Waals surface area (Å²) < 4.78 is 21.2. The minimum atomic E-state index is -0.547. The average Bonchev–Trinajstić information content (AvgIpc) is 3.31. The van der Waals surface area contributed by atoms with Crippen molar-refractivity contribution in [3.63, 3.8) is 0 Å². The molecule has 0 fully saturated rings. The molecule has 8 heteroatoms.